The zero-order chi connectivity index (χ0) is 18.0. The maximum absolute atomic E-state index is 12.7. The van der Waals surface area contributed by atoms with Crippen LogP contribution in [0.4, 0.5) is 5.13 Å². The Morgan fingerprint density at radius 2 is 2.04 bits per heavy atom. The second-order valence-electron chi connectivity index (χ2n) is 6.41. The lowest BCUT2D eigenvalue weighted by atomic mass is 10.1. The van der Waals surface area contributed by atoms with Crippen LogP contribution in [0.15, 0.2) is 24.3 Å². The molecule has 8 heteroatoms. The first-order valence-corrected chi connectivity index (χ1v) is 9.08. The second-order valence-corrected chi connectivity index (χ2v) is 7.51. The number of nitrogens with one attached hydrogen (secondary N) is 1. The van der Waals surface area contributed by atoms with Crippen molar-refractivity contribution in [2.75, 3.05) is 5.73 Å². The molecule has 0 spiro atoms. The first kappa shape index (κ1) is 17.3. The van der Waals surface area contributed by atoms with Crippen LogP contribution in [0.1, 0.15) is 37.6 Å². The summed E-state index contributed by atoms with van der Waals surface area (Å²) in [7, 11) is 0. The van der Waals surface area contributed by atoms with Crippen LogP contribution < -0.4 is 11.1 Å². The minimum Gasteiger partial charge on any atom is -0.374 e. The summed E-state index contributed by atoms with van der Waals surface area (Å²) in [5.41, 5.74) is 7.46. The van der Waals surface area contributed by atoms with Gasteiger partial charge < -0.3 is 15.6 Å². The molecule has 25 heavy (non-hydrogen) atoms. The second kappa shape index (κ2) is 7.18. The number of hydrogen-bond donors (Lipinski definition) is 2. The molecule has 1 atom stereocenters. The highest BCUT2D eigenvalue weighted by Gasteiger charge is 2.22. The van der Waals surface area contributed by atoms with Crippen molar-refractivity contribution in [1.82, 2.24) is 25.1 Å². The molecule has 0 unspecified atom stereocenters. The highest BCUT2D eigenvalue weighted by Crippen LogP contribution is 2.23. The monoisotopic (exact) mass is 358 g/mol. The molecular formula is C17H22N6OS. The van der Waals surface area contributed by atoms with Crippen molar-refractivity contribution in [2.24, 2.45) is 5.92 Å². The Kier molecular flexibility index (Phi) is 4.98. The van der Waals surface area contributed by atoms with Crippen molar-refractivity contribution < 1.29 is 4.79 Å². The lowest BCUT2D eigenvalue weighted by Gasteiger charge is -2.18. The Hall–Kier alpha value is -2.48. The van der Waals surface area contributed by atoms with E-state index in [-0.39, 0.29) is 11.9 Å². The summed E-state index contributed by atoms with van der Waals surface area (Å²) in [5, 5.41) is 11.7. The van der Waals surface area contributed by atoms with Gasteiger partial charge >= 0.3 is 0 Å². The van der Waals surface area contributed by atoms with Gasteiger partial charge in [-0.15, -0.1) is 10.2 Å². The molecule has 2 aromatic heterocycles. The third-order valence-electron chi connectivity index (χ3n) is 3.92. The molecule has 0 saturated heterocycles. The van der Waals surface area contributed by atoms with E-state index in [9.17, 15) is 4.79 Å². The minimum atomic E-state index is -0.369. The molecule has 3 N–H and O–H groups in total. The molecule has 7 nitrogen and oxygen atoms in total. The summed E-state index contributed by atoms with van der Waals surface area (Å²) in [5.74, 6) is 1.30. The standard InChI is InChI=1S/C17H22N6OS/c1-10(2)8-14-20-12-6-4-5-7-13(12)23(14)11(3)16(24)19-9-15-21-22-17(18)25-15/h4-7,10-11H,8-9H2,1-3H3,(H2,18,22)(H,19,24)/t11-/m0/s1. The van der Waals surface area contributed by atoms with E-state index in [1.807, 2.05) is 35.8 Å². The van der Waals surface area contributed by atoms with E-state index in [1.165, 1.54) is 11.3 Å². The Balaban J connectivity index is 1.84. The van der Waals surface area contributed by atoms with Gasteiger partial charge in [0, 0.05) is 6.42 Å². The lowest BCUT2D eigenvalue weighted by molar-refractivity contribution is -0.124. The number of nitrogens with zero attached hydrogens (tertiary/aromatic N) is 4. The summed E-state index contributed by atoms with van der Waals surface area (Å²) in [6.07, 6.45) is 0.819. The molecule has 0 aliphatic heterocycles. The normalized spacial score (nSPS) is 12.6. The van der Waals surface area contributed by atoms with Crippen LogP contribution in [0, 0.1) is 5.92 Å². The number of aromatic nitrogens is 4. The third kappa shape index (κ3) is 3.79. The third-order valence-corrected chi connectivity index (χ3v) is 4.68. The van der Waals surface area contributed by atoms with Crippen LogP contribution in [-0.2, 0) is 17.8 Å². The molecule has 0 radical (unpaired) electrons. The number of imidazole rings is 1. The van der Waals surface area contributed by atoms with Crippen LogP contribution in [0.2, 0.25) is 0 Å². The van der Waals surface area contributed by atoms with Crippen molar-refractivity contribution in [3.8, 4) is 0 Å². The Labute approximate surface area is 150 Å². The maximum Gasteiger partial charge on any atom is 0.243 e. The highest BCUT2D eigenvalue weighted by atomic mass is 32.1. The van der Waals surface area contributed by atoms with E-state index in [0.29, 0.717) is 22.6 Å². The minimum absolute atomic E-state index is 0.0815. The van der Waals surface area contributed by atoms with Crippen molar-refractivity contribution in [1.29, 1.82) is 0 Å². The molecule has 0 fully saturated rings. The van der Waals surface area contributed by atoms with Crippen molar-refractivity contribution in [3.63, 3.8) is 0 Å². The first-order chi connectivity index (χ1) is 12.0. The number of rotatable bonds is 6. The van der Waals surface area contributed by atoms with Gasteiger partial charge in [-0.25, -0.2) is 4.98 Å². The molecule has 0 aliphatic rings. The molecule has 2 heterocycles. The van der Waals surface area contributed by atoms with Gasteiger partial charge in [0.15, 0.2) is 0 Å². The average molecular weight is 358 g/mol. The maximum atomic E-state index is 12.7. The van der Waals surface area contributed by atoms with Crippen LogP contribution in [0.25, 0.3) is 11.0 Å². The molecule has 0 aliphatic carbocycles. The predicted molar refractivity (Wildman–Crippen MR) is 99.2 cm³/mol. The van der Waals surface area contributed by atoms with Gasteiger partial charge in [0.25, 0.3) is 0 Å². The van der Waals surface area contributed by atoms with Crippen LogP contribution in [-0.4, -0.2) is 25.7 Å². The topological polar surface area (TPSA) is 98.7 Å². The van der Waals surface area contributed by atoms with E-state index in [4.69, 9.17) is 10.7 Å². The van der Waals surface area contributed by atoms with Gasteiger partial charge in [0.05, 0.1) is 17.6 Å². The average Bonchev–Trinajstić information content (AvgIpc) is 3.14. The summed E-state index contributed by atoms with van der Waals surface area (Å²) in [4.78, 5) is 17.4. The summed E-state index contributed by atoms with van der Waals surface area (Å²) in [6, 6.07) is 7.54. The highest BCUT2D eigenvalue weighted by molar-refractivity contribution is 7.15. The first-order valence-electron chi connectivity index (χ1n) is 8.27. The fraction of sp³-hybridized carbons (Fsp3) is 0.412. The van der Waals surface area contributed by atoms with Crippen LogP contribution in [0.5, 0.6) is 0 Å². The summed E-state index contributed by atoms with van der Waals surface area (Å²) >= 11 is 1.27. The summed E-state index contributed by atoms with van der Waals surface area (Å²) in [6.45, 7) is 6.51. The van der Waals surface area contributed by atoms with Crippen LogP contribution in [0.3, 0.4) is 0 Å². The van der Waals surface area contributed by atoms with Gasteiger partial charge in [-0.3, -0.25) is 4.79 Å². The predicted octanol–water partition coefficient (Wildman–Crippen LogP) is 2.55. The molecule has 3 rings (SSSR count). The van der Waals surface area contributed by atoms with Crippen molar-refractivity contribution in [3.05, 3.63) is 35.1 Å². The number of fused-ring (bicyclic) bond motifs is 1. The van der Waals surface area contributed by atoms with E-state index in [0.717, 1.165) is 23.3 Å². The van der Waals surface area contributed by atoms with Crippen LogP contribution >= 0.6 is 11.3 Å². The van der Waals surface area contributed by atoms with Crippen molar-refractivity contribution in [2.45, 2.75) is 39.8 Å². The number of amides is 1. The summed E-state index contributed by atoms with van der Waals surface area (Å²) < 4.78 is 2.03. The Morgan fingerprint density at radius 3 is 2.72 bits per heavy atom. The van der Waals surface area contributed by atoms with Gasteiger partial charge in [-0.05, 0) is 25.0 Å². The largest absolute Gasteiger partial charge is 0.374 e. The van der Waals surface area contributed by atoms with Gasteiger partial charge in [0.1, 0.15) is 16.9 Å². The number of nitrogen functional groups attached to an aromatic ring is 1. The molecule has 0 bridgehead atoms. The van der Waals surface area contributed by atoms with Gasteiger partial charge in [-0.1, -0.05) is 37.3 Å². The Bertz CT molecular complexity index is 884. The van der Waals surface area contributed by atoms with E-state index in [2.05, 4.69) is 29.4 Å². The number of anilines is 1. The molecular weight excluding hydrogens is 336 g/mol. The fourth-order valence-corrected chi connectivity index (χ4v) is 3.35. The van der Waals surface area contributed by atoms with E-state index >= 15 is 0 Å². The quantitative estimate of drug-likeness (QED) is 0.705. The number of carbonyl (C=O) groups excluding carboxylic acids is 1. The number of benzene rings is 1. The zero-order valence-electron chi connectivity index (χ0n) is 14.6. The lowest BCUT2D eigenvalue weighted by Crippen LogP contribution is -2.31. The van der Waals surface area contributed by atoms with E-state index < -0.39 is 0 Å². The number of nitrogens with two attached hydrogens (primary N) is 1. The number of hydrogen-bond acceptors (Lipinski definition) is 6. The zero-order valence-corrected chi connectivity index (χ0v) is 15.4. The van der Waals surface area contributed by atoms with Gasteiger partial charge in [-0.2, -0.15) is 0 Å². The molecule has 132 valence electrons. The molecule has 3 aromatic rings. The Morgan fingerprint density at radius 1 is 1.28 bits per heavy atom. The number of carbonyl (C=O) groups is 1. The molecule has 0 saturated carbocycles. The molecule has 1 amide bonds. The number of para-hydroxylation sites is 2. The fourth-order valence-electron chi connectivity index (χ4n) is 2.80. The SMILES string of the molecule is CC(C)Cc1nc2ccccc2n1[C@@H](C)C(=O)NCc1nnc(N)s1. The van der Waals surface area contributed by atoms with Crippen molar-refractivity contribution >= 4 is 33.4 Å². The van der Waals surface area contributed by atoms with E-state index in [1.54, 1.807) is 0 Å². The van der Waals surface area contributed by atoms with Gasteiger partial charge in [0.2, 0.25) is 11.0 Å². The smallest absolute Gasteiger partial charge is 0.243 e. The molecule has 1 aromatic carbocycles.